The Kier molecular flexibility index (Phi) is 5.79. The first-order chi connectivity index (χ1) is 12.1. The number of carbonyl (C=O) groups excluding carboxylic acids is 2. The van der Waals surface area contributed by atoms with Gasteiger partial charge in [0.05, 0.1) is 18.2 Å². The molecule has 0 aromatic carbocycles. The van der Waals surface area contributed by atoms with Crippen LogP contribution in [0, 0.1) is 19.8 Å². The molecule has 2 amide bonds. The predicted octanol–water partition coefficient (Wildman–Crippen LogP) is -0.208. The Morgan fingerprint density at radius 2 is 1.96 bits per heavy atom. The molecule has 0 bridgehead atoms. The number of amides is 2. The fourth-order valence-corrected chi connectivity index (χ4v) is 3.07. The molecule has 142 valence electrons. The summed E-state index contributed by atoms with van der Waals surface area (Å²) < 4.78 is 1.10. The van der Waals surface area contributed by atoms with Gasteiger partial charge in [-0.25, -0.2) is 4.68 Å². The first kappa shape index (κ1) is 19.6. The summed E-state index contributed by atoms with van der Waals surface area (Å²) in [6, 6.07) is 0. The lowest BCUT2D eigenvalue weighted by Crippen LogP contribution is -2.47. The third-order valence-corrected chi connectivity index (χ3v) is 4.78. The highest BCUT2D eigenvalue weighted by Crippen LogP contribution is 2.17. The Balaban J connectivity index is 2.14. The van der Waals surface area contributed by atoms with Crippen LogP contribution in [0.25, 0.3) is 0 Å². The van der Waals surface area contributed by atoms with Crippen molar-refractivity contribution in [1.29, 1.82) is 0 Å². The van der Waals surface area contributed by atoms with E-state index in [1.165, 1.54) is 23.9 Å². The van der Waals surface area contributed by atoms with E-state index >= 15 is 0 Å². The van der Waals surface area contributed by atoms with E-state index in [0.717, 1.165) is 4.68 Å². The number of hydrogen-bond donors (Lipinski definition) is 1. The van der Waals surface area contributed by atoms with E-state index in [9.17, 15) is 19.2 Å². The quantitative estimate of drug-likeness (QED) is 0.791. The predicted molar refractivity (Wildman–Crippen MR) is 92.9 cm³/mol. The fourth-order valence-electron chi connectivity index (χ4n) is 3.07. The minimum atomic E-state index is -0.918. The van der Waals surface area contributed by atoms with Crippen LogP contribution in [0.3, 0.4) is 0 Å². The van der Waals surface area contributed by atoms with Crippen molar-refractivity contribution in [1.82, 2.24) is 19.6 Å². The zero-order chi connectivity index (χ0) is 19.6. The Labute approximate surface area is 151 Å². The molecule has 26 heavy (non-hydrogen) atoms. The number of carbonyl (C=O) groups is 3. The molecular weight excluding hydrogens is 340 g/mol. The number of hydrogen-bond acceptors (Lipinski definition) is 5. The molecule has 0 spiro atoms. The monoisotopic (exact) mass is 364 g/mol. The summed E-state index contributed by atoms with van der Waals surface area (Å²) in [5.74, 6) is -2.37. The Morgan fingerprint density at radius 1 is 1.31 bits per heavy atom. The van der Waals surface area contributed by atoms with Gasteiger partial charge < -0.3 is 14.9 Å². The molecular formula is C17H24N4O5. The Hall–Kier alpha value is -2.71. The first-order valence-electron chi connectivity index (χ1n) is 8.44. The minimum absolute atomic E-state index is 0.00245. The second kappa shape index (κ2) is 7.67. The normalized spacial score (nSPS) is 17.1. The van der Waals surface area contributed by atoms with Crippen LogP contribution in [0.15, 0.2) is 4.79 Å². The lowest BCUT2D eigenvalue weighted by molar-refractivity contribution is -0.145. The van der Waals surface area contributed by atoms with E-state index in [1.54, 1.807) is 13.8 Å². The number of carboxylic acid groups (broad SMARTS) is 1. The van der Waals surface area contributed by atoms with E-state index in [-0.39, 0.29) is 24.6 Å². The summed E-state index contributed by atoms with van der Waals surface area (Å²) in [5.41, 5.74) is 0.537. The first-order valence-corrected chi connectivity index (χ1v) is 8.44. The van der Waals surface area contributed by atoms with Crippen molar-refractivity contribution in [2.45, 2.75) is 26.7 Å². The van der Waals surface area contributed by atoms with Crippen LogP contribution in [-0.2, 0) is 16.6 Å². The molecule has 0 aliphatic carbocycles. The summed E-state index contributed by atoms with van der Waals surface area (Å²) in [6.45, 7) is 3.76. The van der Waals surface area contributed by atoms with Gasteiger partial charge in [-0.3, -0.25) is 19.2 Å². The maximum atomic E-state index is 12.7. The summed E-state index contributed by atoms with van der Waals surface area (Å²) in [7, 11) is 2.92. The van der Waals surface area contributed by atoms with Gasteiger partial charge in [0.15, 0.2) is 0 Å². The molecule has 1 aromatic rings. The van der Waals surface area contributed by atoms with Crippen molar-refractivity contribution in [3.8, 4) is 0 Å². The average Bonchev–Trinajstić information content (AvgIpc) is 2.60. The molecule has 9 nitrogen and oxygen atoms in total. The second-order valence-corrected chi connectivity index (χ2v) is 6.69. The molecule has 1 fully saturated rings. The lowest BCUT2D eigenvalue weighted by Gasteiger charge is -2.32. The topological polar surface area (TPSA) is 113 Å². The summed E-state index contributed by atoms with van der Waals surface area (Å²) >= 11 is 0. The standard InChI is InChI=1S/C17H24N4O5/c1-10-11(2)18-20(4)16(24)14(10)15(23)19(3)9-13(22)21-7-5-6-12(8-21)17(25)26/h12H,5-9H2,1-4H3,(H,25,26). The molecule has 1 aromatic heterocycles. The zero-order valence-electron chi connectivity index (χ0n) is 15.5. The van der Waals surface area contributed by atoms with Crippen molar-refractivity contribution in [2.75, 3.05) is 26.7 Å². The molecule has 9 heteroatoms. The molecule has 2 rings (SSSR count). The molecule has 0 saturated carbocycles. The molecule has 1 aliphatic rings. The van der Waals surface area contributed by atoms with Crippen molar-refractivity contribution in [3.05, 3.63) is 27.2 Å². The number of aliphatic carboxylic acids is 1. The van der Waals surface area contributed by atoms with Gasteiger partial charge in [-0.2, -0.15) is 5.10 Å². The summed E-state index contributed by atoms with van der Waals surface area (Å²) in [6.07, 6.45) is 1.16. The van der Waals surface area contributed by atoms with E-state index in [4.69, 9.17) is 5.11 Å². The van der Waals surface area contributed by atoms with Crippen LogP contribution >= 0.6 is 0 Å². The molecule has 0 radical (unpaired) electrons. The second-order valence-electron chi connectivity index (χ2n) is 6.69. The molecule has 1 unspecified atom stereocenters. The van der Waals surface area contributed by atoms with Gasteiger partial charge in [-0.15, -0.1) is 0 Å². The largest absolute Gasteiger partial charge is 0.481 e. The van der Waals surface area contributed by atoms with Gasteiger partial charge in [0, 0.05) is 27.2 Å². The maximum absolute atomic E-state index is 12.7. The Morgan fingerprint density at radius 3 is 2.58 bits per heavy atom. The third-order valence-electron chi connectivity index (χ3n) is 4.78. The van der Waals surface area contributed by atoms with Gasteiger partial charge in [0.25, 0.3) is 11.5 Å². The highest BCUT2D eigenvalue weighted by Gasteiger charge is 2.30. The van der Waals surface area contributed by atoms with Gasteiger partial charge in [-0.05, 0) is 32.3 Å². The minimum Gasteiger partial charge on any atom is -0.481 e. The third kappa shape index (κ3) is 3.92. The van der Waals surface area contributed by atoms with Gasteiger partial charge >= 0.3 is 5.97 Å². The average molecular weight is 364 g/mol. The lowest BCUT2D eigenvalue weighted by atomic mass is 9.98. The van der Waals surface area contributed by atoms with Crippen molar-refractivity contribution in [3.63, 3.8) is 0 Å². The summed E-state index contributed by atoms with van der Waals surface area (Å²) in [5, 5.41) is 13.2. The van der Waals surface area contributed by atoms with E-state index in [2.05, 4.69) is 5.10 Å². The van der Waals surface area contributed by atoms with E-state index in [0.29, 0.717) is 30.6 Å². The van der Waals surface area contributed by atoms with Gasteiger partial charge in [0.2, 0.25) is 5.91 Å². The zero-order valence-corrected chi connectivity index (χ0v) is 15.5. The number of likely N-dealkylation sites (N-methyl/N-ethyl adjacent to an activating group) is 1. The van der Waals surface area contributed by atoms with Crippen molar-refractivity contribution < 1.29 is 19.5 Å². The van der Waals surface area contributed by atoms with Crippen LogP contribution in [0.4, 0.5) is 0 Å². The number of carboxylic acids is 1. The highest BCUT2D eigenvalue weighted by atomic mass is 16.4. The van der Waals surface area contributed by atoms with Crippen LogP contribution < -0.4 is 5.56 Å². The molecule has 1 saturated heterocycles. The van der Waals surface area contributed by atoms with Gasteiger partial charge in [-0.1, -0.05) is 0 Å². The Bertz CT molecular complexity index is 801. The van der Waals surface area contributed by atoms with Crippen molar-refractivity contribution in [2.24, 2.45) is 13.0 Å². The molecule has 2 heterocycles. The number of aryl methyl sites for hydroxylation is 2. The van der Waals surface area contributed by atoms with E-state index in [1.807, 2.05) is 0 Å². The maximum Gasteiger partial charge on any atom is 0.308 e. The van der Waals surface area contributed by atoms with Crippen LogP contribution in [0.1, 0.15) is 34.5 Å². The van der Waals surface area contributed by atoms with Gasteiger partial charge in [0.1, 0.15) is 5.56 Å². The number of nitrogens with zero attached hydrogens (tertiary/aromatic N) is 4. The molecule has 1 aliphatic heterocycles. The molecule has 1 atom stereocenters. The number of likely N-dealkylation sites (tertiary alicyclic amines) is 1. The molecule has 1 N–H and O–H groups in total. The van der Waals surface area contributed by atoms with Crippen molar-refractivity contribution >= 4 is 17.8 Å². The van der Waals surface area contributed by atoms with Crippen LogP contribution in [-0.4, -0.2) is 69.2 Å². The fraction of sp³-hybridized carbons (Fsp3) is 0.588. The number of piperidine rings is 1. The highest BCUT2D eigenvalue weighted by molar-refractivity contribution is 5.97. The van der Waals surface area contributed by atoms with E-state index < -0.39 is 23.4 Å². The summed E-state index contributed by atoms with van der Waals surface area (Å²) in [4.78, 5) is 51.2. The number of rotatable bonds is 4. The SMILES string of the molecule is Cc1nn(C)c(=O)c(C(=O)N(C)CC(=O)N2CCCC(C(=O)O)C2)c1C. The number of aromatic nitrogens is 2. The van der Waals surface area contributed by atoms with Crippen LogP contribution in [0.2, 0.25) is 0 Å². The smallest absolute Gasteiger partial charge is 0.308 e. The van der Waals surface area contributed by atoms with Crippen LogP contribution in [0.5, 0.6) is 0 Å².